The van der Waals surface area contributed by atoms with Crippen LogP contribution in [-0.2, 0) is 11.2 Å². The number of ether oxygens (including phenoxy) is 1. The van der Waals surface area contributed by atoms with Crippen molar-refractivity contribution >= 4 is 5.78 Å². The molecule has 0 aliphatic rings. The lowest BCUT2D eigenvalue weighted by molar-refractivity contribution is -0.118. The van der Waals surface area contributed by atoms with Crippen molar-refractivity contribution in [2.24, 2.45) is 0 Å². The first-order valence-electron chi connectivity index (χ1n) is 6.99. The molecule has 0 saturated carbocycles. The third-order valence-electron chi connectivity index (χ3n) is 2.94. The second-order valence-electron chi connectivity index (χ2n) is 4.60. The Morgan fingerprint density at radius 2 is 2.06 bits per heavy atom. The molecule has 0 N–H and O–H groups in total. The highest BCUT2D eigenvalue weighted by molar-refractivity contribution is 5.77. The summed E-state index contributed by atoms with van der Waals surface area (Å²) in [5.74, 6) is 1.33. The highest BCUT2D eigenvalue weighted by Crippen LogP contribution is 2.16. The van der Waals surface area contributed by atoms with Gasteiger partial charge in [0.1, 0.15) is 11.5 Å². The first-order valence-corrected chi connectivity index (χ1v) is 6.99. The van der Waals surface area contributed by atoms with Crippen LogP contribution in [0.1, 0.15) is 51.5 Å². The van der Waals surface area contributed by atoms with Gasteiger partial charge in [-0.3, -0.25) is 4.79 Å². The highest BCUT2D eigenvalue weighted by Gasteiger charge is 2.00. The average molecular weight is 248 g/mol. The smallest absolute Gasteiger partial charge is 0.132 e. The quantitative estimate of drug-likeness (QED) is 0.613. The van der Waals surface area contributed by atoms with Crippen LogP contribution >= 0.6 is 0 Å². The van der Waals surface area contributed by atoms with Crippen LogP contribution < -0.4 is 4.74 Å². The number of carbonyl (C=O) groups is 1. The molecule has 0 atom stereocenters. The Labute approximate surface area is 110 Å². The summed E-state index contributed by atoms with van der Waals surface area (Å²) in [7, 11) is 0. The van der Waals surface area contributed by atoms with E-state index >= 15 is 0 Å². The Morgan fingerprint density at radius 3 is 2.78 bits per heavy atom. The number of rotatable bonds is 9. The van der Waals surface area contributed by atoms with Gasteiger partial charge >= 0.3 is 0 Å². The van der Waals surface area contributed by atoms with Crippen LogP contribution in [0.15, 0.2) is 24.3 Å². The molecule has 18 heavy (non-hydrogen) atoms. The van der Waals surface area contributed by atoms with Crippen LogP contribution in [0.5, 0.6) is 5.75 Å². The molecule has 0 fully saturated rings. The van der Waals surface area contributed by atoms with Crippen LogP contribution in [0, 0.1) is 0 Å². The van der Waals surface area contributed by atoms with E-state index in [-0.39, 0.29) is 0 Å². The maximum absolute atomic E-state index is 11.2. The predicted molar refractivity (Wildman–Crippen MR) is 75.1 cm³/mol. The van der Waals surface area contributed by atoms with Crippen LogP contribution in [-0.4, -0.2) is 12.4 Å². The summed E-state index contributed by atoms with van der Waals surface area (Å²) in [5, 5.41) is 0. The van der Waals surface area contributed by atoms with Crippen molar-refractivity contribution in [1.82, 2.24) is 0 Å². The molecule has 0 saturated heterocycles. The van der Waals surface area contributed by atoms with Crippen molar-refractivity contribution in [2.75, 3.05) is 6.61 Å². The van der Waals surface area contributed by atoms with Crippen molar-refractivity contribution in [1.29, 1.82) is 0 Å². The molecular weight excluding hydrogens is 224 g/mol. The molecule has 0 unspecified atom stereocenters. The van der Waals surface area contributed by atoms with E-state index in [4.69, 9.17) is 4.74 Å². The predicted octanol–water partition coefficient (Wildman–Crippen LogP) is 4.17. The molecular formula is C16H24O2. The number of aryl methyl sites for hydroxylation is 1. The molecule has 0 aromatic heterocycles. The first-order chi connectivity index (χ1) is 8.76. The van der Waals surface area contributed by atoms with Gasteiger partial charge < -0.3 is 4.74 Å². The Morgan fingerprint density at radius 1 is 1.22 bits per heavy atom. The summed E-state index contributed by atoms with van der Waals surface area (Å²) in [6.07, 6.45) is 5.52. The lowest BCUT2D eigenvalue weighted by Crippen LogP contribution is -1.97. The number of hydrogen-bond donors (Lipinski definition) is 0. The first kappa shape index (κ1) is 14.7. The molecule has 0 aliphatic carbocycles. The SMILES string of the molecule is CCCOc1cccc(CCCCC(=O)CC)c1. The second-order valence-corrected chi connectivity index (χ2v) is 4.60. The normalized spacial score (nSPS) is 10.3. The van der Waals surface area contributed by atoms with E-state index in [0.717, 1.165) is 44.5 Å². The van der Waals surface area contributed by atoms with Gasteiger partial charge in [0.05, 0.1) is 6.61 Å². The Hall–Kier alpha value is -1.31. The fourth-order valence-corrected chi connectivity index (χ4v) is 1.84. The molecule has 0 spiro atoms. The van der Waals surface area contributed by atoms with E-state index in [1.54, 1.807) is 0 Å². The van der Waals surface area contributed by atoms with Crippen molar-refractivity contribution in [2.45, 2.75) is 52.4 Å². The van der Waals surface area contributed by atoms with E-state index in [1.165, 1.54) is 5.56 Å². The molecule has 2 nitrogen and oxygen atoms in total. The molecule has 0 radical (unpaired) electrons. The summed E-state index contributed by atoms with van der Waals surface area (Å²) < 4.78 is 5.60. The van der Waals surface area contributed by atoms with E-state index in [9.17, 15) is 4.79 Å². The summed E-state index contributed by atoms with van der Waals surface area (Å²) >= 11 is 0. The number of unbranched alkanes of at least 4 members (excludes halogenated alkanes) is 1. The van der Waals surface area contributed by atoms with Crippen LogP contribution in [0.25, 0.3) is 0 Å². The van der Waals surface area contributed by atoms with E-state index in [1.807, 2.05) is 19.1 Å². The lowest BCUT2D eigenvalue weighted by atomic mass is 10.0. The maximum Gasteiger partial charge on any atom is 0.132 e. The zero-order valence-corrected chi connectivity index (χ0v) is 11.6. The molecule has 1 aromatic carbocycles. The Bertz CT molecular complexity index is 358. The van der Waals surface area contributed by atoms with Gasteiger partial charge in [-0.2, -0.15) is 0 Å². The van der Waals surface area contributed by atoms with Crippen LogP contribution in [0.2, 0.25) is 0 Å². The number of hydrogen-bond acceptors (Lipinski definition) is 2. The molecule has 0 heterocycles. The third-order valence-corrected chi connectivity index (χ3v) is 2.94. The second kappa shape index (κ2) is 8.73. The third kappa shape index (κ3) is 5.85. The zero-order valence-electron chi connectivity index (χ0n) is 11.6. The number of Topliss-reactive ketones (excluding diaryl/α,β-unsaturated/α-hetero) is 1. The number of benzene rings is 1. The molecule has 0 amide bonds. The number of carbonyl (C=O) groups excluding carboxylic acids is 1. The largest absolute Gasteiger partial charge is 0.494 e. The monoisotopic (exact) mass is 248 g/mol. The summed E-state index contributed by atoms with van der Waals surface area (Å²) in [4.78, 5) is 11.2. The van der Waals surface area contributed by atoms with Crippen LogP contribution in [0.3, 0.4) is 0 Å². The van der Waals surface area contributed by atoms with Crippen molar-refractivity contribution in [3.63, 3.8) is 0 Å². The van der Waals surface area contributed by atoms with Gasteiger partial charge in [0, 0.05) is 12.8 Å². The van der Waals surface area contributed by atoms with Gasteiger partial charge in [-0.1, -0.05) is 26.0 Å². The van der Waals surface area contributed by atoms with Gasteiger partial charge in [0.2, 0.25) is 0 Å². The minimum absolute atomic E-state index is 0.370. The lowest BCUT2D eigenvalue weighted by Gasteiger charge is -2.07. The average Bonchev–Trinajstić information content (AvgIpc) is 2.41. The van der Waals surface area contributed by atoms with Gasteiger partial charge in [-0.15, -0.1) is 0 Å². The molecule has 100 valence electrons. The maximum atomic E-state index is 11.2. The van der Waals surface area contributed by atoms with Gasteiger partial charge in [-0.05, 0) is 43.4 Å². The van der Waals surface area contributed by atoms with Crippen LogP contribution in [0.4, 0.5) is 0 Å². The zero-order chi connectivity index (χ0) is 13.2. The standard InChI is InChI=1S/C16H24O2/c1-3-12-18-16-11-7-9-14(13-16)8-5-6-10-15(17)4-2/h7,9,11,13H,3-6,8,10,12H2,1-2H3. The minimum atomic E-state index is 0.370. The van der Waals surface area contributed by atoms with Crippen molar-refractivity contribution in [3.05, 3.63) is 29.8 Å². The van der Waals surface area contributed by atoms with E-state index in [2.05, 4.69) is 19.1 Å². The fourth-order valence-electron chi connectivity index (χ4n) is 1.84. The van der Waals surface area contributed by atoms with Gasteiger partial charge in [0.25, 0.3) is 0 Å². The molecule has 0 bridgehead atoms. The summed E-state index contributed by atoms with van der Waals surface area (Å²) in [6, 6.07) is 8.27. The van der Waals surface area contributed by atoms with E-state index in [0.29, 0.717) is 12.2 Å². The summed E-state index contributed by atoms with van der Waals surface area (Å²) in [5.41, 5.74) is 1.30. The van der Waals surface area contributed by atoms with Gasteiger partial charge in [-0.25, -0.2) is 0 Å². The highest BCUT2D eigenvalue weighted by atomic mass is 16.5. The Balaban J connectivity index is 2.31. The Kier molecular flexibility index (Phi) is 7.16. The molecule has 1 aromatic rings. The minimum Gasteiger partial charge on any atom is -0.494 e. The van der Waals surface area contributed by atoms with Crippen molar-refractivity contribution in [3.8, 4) is 5.75 Å². The molecule has 2 heteroatoms. The van der Waals surface area contributed by atoms with Crippen molar-refractivity contribution < 1.29 is 9.53 Å². The topological polar surface area (TPSA) is 26.3 Å². The fraction of sp³-hybridized carbons (Fsp3) is 0.562. The van der Waals surface area contributed by atoms with Gasteiger partial charge in [0.15, 0.2) is 0 Å². The summed E-state index contributed by atoms with van der Waals surface area (Å²) in [6.45, 7) is 4.81. The molecule has 0 aliphatic heterocycles. The van der Waals surface area contributed by atoms with E-state index < -0.39 is 0 Å². The number of ketones is 1. The molecule has 1 rings (SSSR count).